The zero-order valence-corrected chi connectivity index (χ0v) is 22.6. The number of fused-ring (bicyclic) bond motifs is 1. The first-order valence-corrected chi connectivity index (χ1v) is 13.6. The van der Waals surface area contributed by atoms with Crippen LogP contribution in [0.25, 0.3) is 10.9 Å². The summed E-state index contributed by atoms with van der Waals surface area (Å²) in [4.78, 5) is 38.3. The van der Waals surface area contributed by atoms with Crippen LogP contribution in [0.4, 0.5) is 11.5 Å². The van der Waals surface area contributed by atoms with Crippen molar-refractivity contribution in [1.82, 2.24) is 30.0 Å². The largest absolute Gasteiger partial charge is 0.342 e. The number of aromatic amines is 1. The summed E-state index contributed by atoms with van der Waals surface area (Å²) in [6.45, 7) is 3.60. The SMILES string of the molecule is N#CCC(=O)N1CCC(c2nc(Nc3ccc(CN4CCC(/C(N=N)=N/N)CC4)cc3)c3c(=O)[nH]ncc3n2)CC1. The van der Waals surface area contributed by atoms with E-state index in [0.29, 0.717) is 54.3 Å². The Labute approximate surface area is 236 Å². The Balaban J connectivity index is 1.28. The molecule has 0 aliphatic carbocycles. The topological polar surface area (TPSA) is 205 Å². The number of benzene rings is 1. The molecule has 212 valence electrons. The first-order chi connectivity index (χ1) is 20.0. The van der Waals surface area contributed by atoms with E-state index in [-0.39, 0.29) is 29.7 Å². The van der Waals surface area contributed by atoms with Crippen LogP contribution in [0.5, 0.6) is 0 Å². The van der Waals surface area contributed by atoms with Crippen LogP contribution in [0.15, 0.2) is 45.5 Å². The molecular weight excluding hydrogens is 524 g/mol. The van der Waals surface area contributed by atoms with Crippen molar-refractivity contribution in [2.45, 2.75) is 44.6 Å². The molecule has 5 N–H and O–H groups in total. The van der Waals surface area contributed by atoms with Crippen molar-refractivity contribution in [3.8, 4) is 6.07 Å². The van der Waals surface area contributed by atoms with E-state index in [4.69, 9.17) is 21.6 Å². The van der Waals surface area contributed by atoms with Crippen LogP contribution in [0.2, 0.25) is 0 Å². The molecule has 0 unspecified atom stereocenters. The number of hydrazone groups is 1. The predicted octanol–water partition coefficient (Wildman–Crippen LogP) is 2.59. The number of nitriles is 1. The van der Waals surface area contributed by atoms with Crippen molar-refractivity contribution >= 4 is 34.2 Å². The molecule has 0 bridgehead atoms. The highest BCUT2D eigenvalue weighted by Crippen LogP contribution is 2.30. The minimum atomic E-state index is -0.380. The molecule has 14 heteroatoms. The number of rotatable bonds is 7. The van der Waals surface area contributed by atoms with Gasteiger partial charge >= 0.3 is 0 Å². The minimum Gasteiger partial charge on any atom is -0.342 e. The smallest absolute Gasteiger partial charge is 0.277 e. The number of nitrogens with two attached hydrogens (primary N) is 1. The molecule has 2 aromatic heterocycles. The molecule has 3 aromatic rings. The van der Waals surface area contributed by atoms with Gasteiger partial charge in [-0.3, -0.25) is 14.5 Å². The lowest BCUT2D eigenvalue weighted by Crippen LogP contribution is -2.38. The molecule has 0 atom stereocenters. The molecule has 2 saturated heterocycles. The van der Waals surface area contributed by atoms with Crippen LogP contribution < -0.4 is 16.7 Å². The zero-order valence-electron chi connectivity index (χ0n) is 22.6. The minimum absolute atomic E-state index is 0.0129. The van der Waals surface area contributed by atoms with E-state index in [1.165, 1.54) is 6.20 Å². The fourth-order valence-corrected chi connectivity index (χ4v) is 5.52. The second-order valence-corrected chi connectivity index (χ2v) is 10.4. The quantitative estimate of drug-likeness (QED) is 0.111. The lowest BCUT2D eigenvalue weighted by molar-refractivity contribution is -0.131. The number of piperidine rings is 2. The Kier molecular flexibility index (Phi) is 8.54. The highest BCUT2D eigenvalue weighted by molar-refractivity contribution is 5.89. The lowest BCUT2D eigenvalue weighted by Gasteiger charge is -2.31. The number of nitrogens with zero attached hydrogens (tertiary/aromatic N) is 8. The average Bonchev–Trinajstić information content (AvgIpc) is 3.00. The Morgan fingerprint density at radius 2 is 1.88 bits per heavy atom. The van der Waals surface area contributed by atoms with E-state index in [1.54, 1.807) is 4.90 Å². The van der Waals surface area contributed by atoms with Gasteiger partial charge in [0.25, 0.3) is 5.56 Å². The van der Waals surface area contributed by atoms with Crippen molar-refractivity contribution in [2.75, 3.05) is 31.5 Å². The van der Waals surface area contributed by atoms with E-state index in [9.17, 15) is 9.59 Å². The van der Waals surface area contributed by atoms with Gasteiger partial charge in [0.2, 0.25) is 5.91 Å². The van der Waals surface area contributed by atoms with Gasteiger partial charge < -0.3 is 16.1 Å². The van der Waals surface area contributed by atoms with Crippen LogP contribution in [0.3, 0.4) is 0 Å². The van der Waals surface area contributed by atoms with Gasteiger partial charge in [-0.25, -0.2) is 20.6 Å². The number of carbonyl (C=O) groups is 1. The van der Waals surface area contributed by atoms with Crippen LogP contribution in [0.1, 0.15) is 49.4 Å². The second-order valence-electron chi connectivity index (χ2n) is 10.4. The van der Waals surface area contributed by atoms with Crippen molar-refractivity contribution in [3.05, 3.63) is 52.2 Å². The van der Waals surface area contributed by atoms with E-state index in [2.05, 4.69) is 35.6 Å². The number of hydrogen-bond acceptors (Lipinski definition) is 11. The van der Waals surface area contributed by atoms with Crippen molar-refractivity contribution in [1.29, 1.82) is 10.8 Å². The summed E-state index contributed by atoms with van der Waals surface area (Å²) < 4.78 is 0. The third-order valence-corrected chi connectivity index (χ3v) is 7.80. The molecule has 0 spiro atoms. The average molecular weight is 557 g/mol. The molecule has 2 fully saturated rings. The molecule has 41 heavy (non-hydrogen) atoms. The number of hydrogen-bond donors (Lipinski definition) is 4. The Morgan fingerprint density at radius 3 is 2.54 bits per heavy atom. The fourth-order valence-electron chi connectivity index (χ4n) is 5.52. The van der Waals surface area contributed by atoms with Gasteiger partial charge in [-0.05, 0) is 56.5 Å². The highest BCUT2D eigenvalue weighted by Gasteiger charge is 2.27. The summed E-state index contributed by atoms with van der Waals surface area (Å²) in [6.07, 6.45) is 4.46. The maximum Gasteiger partial charge on any atom is 0.277 e. The molecule has 1 amide bonds. The monoisotopic (exact) mass is 556 g/mol. The number of nitrogens with one attached hydrogen (secondary N) is 3. The van der Waals surface area contributed by atoms with Crippen molar-refractivity contribution < 1.29 is 4.79 Å². The molecule has 2 aliphatic rings. The standard InChI is InChI=1S/C27H32N12O2/c28-10-5-22(40)39-13-8-18(9-14-39)24-33-21-15-31-37-27(41)23(21)26(34-24)32-20-3-1-17(2-4-20)16-38-11-6-19(7-12-38)25(35-29)36-30/h1-4,15,18-19,29H,5-9,11-14,16,30H2,(H,37,41)(H,32,33,34)/b35-29?,36-25-. The van der Waals surface area contributed by atoms with E-state index in [0.717, 1.165) is 43.7 Å². The number of aromatic nitrogens is 4. The molecule has 4 heterocycles. The highest BCUT2D eigenvalue weighted by atomic mass is 16.2. The number of amidine groups is 1. The molecule has 0 radical (unpaired) electrons. The fraction of sp³-hybridized carbons (Fsp3) is 0.444. The lowest BCUT2D eigenvalue weighted by atomic mass is 9.95. The number of anilines is 2. The van der Waals surface area contributed by atoms with Gasteiger partial charge in [-0.2, -0.15) is 15.5 Å². The van der Waals surface area contributed by atoms with E-state index < -0.39 is 0 Å². The van der Waals surface area contributed by atoms with Gasteiger partial charge in [0, 0.05) is 37.2 Å². The molecule has 14 nitrogen and oxygen atoms in total. The van der Waals surface area contributed by atoms with Crippen LogP contribution >= 0.6 is 0 Å². The molecule has 1 aromatic carbocycles. The Bertz CT molecular complexity index is 1530. The molecular formula is C27H32N12O2. The van der Waals surface area contributed by atoms with Crippen molar-refractivity contribution in [3.63, 3.8) is 0 Å². The first kappa shape index (κ1) is 27.8. The van der Waals surface area contributed by atoms with Gasteiger partial charge in [-0.1, -0.05) is 12.1 Å². The Morgan fingerprint density at radius 1 is 1.15 bits per heavy atom. The number of likely N-dealkylation sites (tertiary alicyclic amines) is 2. The van der Waals surface area contributed by atoms with Crippen LogP contribution in [0, 0.1) is 22.8 Å². The second kappa shape index (κ2) is 12.6. The number of H-pyrrole nitrogens is 1. The van der Waals surface area contributed by atoms with Crippen LogP contribution in [-0.4, -0.2) is 67.9 Å². The van der Waals surface area contributed by atoms with Gasteiger partial charge in [0.05, 0.1) is 12.3 Å². The predicted molar refractivity (Wildman–Crippen MR) is 151 cm³/mol. The summed E-state index contributed by atoms with van der Waals surface area (Å²) in [7, 11) is 0. The van der Waals surface area contributed by atoms with Crippen LogP contribution in [-0.2, 0) is 11.3 Å². The van der Waals surface area contributed by atoms with Crippen molar-refractivity contribution in [2.24, 2.45) is 22.0 Å². The summed E-state index contributed by atoms with van der Waals surface area (Å²) in [6, 6.07) is 9.93. The summed E-state index contributed by atoms with van der Waals surface area (Å²) in [5, 5.41) is 25.9. The third kappa shape index (κ3) is 6.36. The Hall–Kier alpha value is -4.77. The summed E-state index contributed by atoms with van der Waals surface area (Å²) in [5.74, 6) is 6.75. The van der Waals surface area contributed by atoms with Gasteiger partial charge in [0.1, 0.15) is 29.0 Å². The summed E-state index contributed by atoms with van der Waals surface area (Å²) in [5.41, 5.74) is 9.23. The first-order valence-electron chi connectivity index (χ1n) is 13.6. The van der Waals surface area contributed by atoms with Gasteiger partial charge in [-0.15, -0.1) is 5.11 Å². The van der Waals surface area contributed by atoms with Gasteiger partial charge in [0.15, 0.2) is 5.84 Å². The third-order valence-electron chi connectivity index (χ3n) is 7.80. The van der Waals surface area contributed by atoms with E-state index in [1.807, 2.05) is 30.3 Å². The number of carbonyl (C=O) groups excluding carboxylic acids is 1. The molecule has 0 saturated carbocycles. The zero-order chi connectivity index (χ0) is 28.8. The normalized spacial score (nSPS) is 17.3. The van der Waals surface area contributed by atoms with E-state index >= 15 is 0 Å². The molecule has 5 rings (SSSR count). The molecule has 2 aliphatic heterocycles. The maximum absolute atomic E-state index is 12.7. The summed E-state index contributed by atoms with van der Waals surface area (Å²) >= 11 is 0. The maximum atomic E-state index is 12.7. The number of amides is 1.